The fourth-order valence-electron chi connectivity index (χ4n) is 4.85. The van der Waals surface area contributed by atoms with Gasteiger partial charge in [-0.3, -0.25) is 9.59 Å². The van der Waals surface area contributed by atoms with Gasteiger partial charge in [0.2, 0.25) is 11.8 Å². The first kappa shape index (κ1) is 26.9. The van der Waals surface area contributed by atoms with Gasteiger partial charge in [0.05, 0.1) is 30.7 Å². The molecular formula is C24H46N2O4. The van der Waals surface area contributed by atoms with Crippen LogP contribution in [0.1, 0.15) is 73.6 Å². The van der Waals surface area contributed by atoms with Crippen LogP contribution in [0.4, 0.5) is 0 Å². The highest BCUT2D eigenvalue weighted by Crippen LogP contribution is 2.29. The predicted molar refractivity (Wildman–Crippen MR) is 121 cm³/mol. The first-order valence-electron chi connectivity index (χ1n) is 11.7. The maximum atomic E-state index is 13.3. The van der Waals surface area contributed by atoms with Crippen molar-refractivity contribution in [3.05, 3.63) is 0 Å². The van der Waals surface area contributed by atoms with Gasteiger partial charge in [0.15, 0.2) is 0 Å². The molecule has 1 aliphatic rings. The van der Waals surface area contributed by atoms with Crippen molar-refractivity contribution < 1.29 is 19.1 Å². The second-order valence-electron chi connectivity index (χ2n) is 9.70. The predicted octanol–water partition coefficient (Wildman–Crippen LogP) is 3.97. The lowest BCUT2D eigenvalue weighted by Gasteiger charge is -2.39. The molecule has 6 heteroatoms. The number of methoxy groups -OCH3 is 2. The third-order valence-electron chi connectivity index (χ3n) is 6.64. The van der Waals surface area contributed by atoms with Gasteiger partial charge >= 0.3 is 0 Å². The number of likely N-dealkylation sites (tertiary alicyclic amines) is 1. The van der Waals surface area contributed by atoms with Crippen molar-refractivity contribution in [3.63, 3.8) is 0 Å². The van der Waals surface area contributed by atoms with Crippen molar-refractivity contribution >= 4 is 11.8 Å². The summed E-state index contributed by atoms with van der Waals surface area (Å²) in [6, 6.07) is -0.0121. The highest BCUT2D eigenvalue weighted by Gasteiger charge is 2.39. The molecule has 0 aromatic rings. The standard InChI is InChI=1S/C24H46N2O4/c1-10-18(6)23(25(7)21(27)14-16(2)3)20(29-8)15-22(28)26-13-11-12-19(26)24(30-9)17(4)5/h16-20,23-24H,10-15H2,1-9H3. The van der Waals surface area contributed by atoms with E-state index in [9.17, 15) is 9.59 Å². The summed E-state index contributed by atoms with van der Waals surface area (Å²) in [6.07, 6.45) is 3.41. The Balaban J connectivity index is 3.01. The van der Waals surface area contributed by atoms with Gasteiger partial charge in [-0.05, 0) is 30.6 Å². The van der Waals surface area contributed by atoms with E-state index < -0.39 is 0 Å². The van der Waals surface area contributed by atoms with Crippen molar-refractivity contribution in [2.75, 3.05) is 27.8 Å². The maximum absolute atomic E-state index is 13.3. The lowest BCUT2D eigenvalue weighted by molar-refractivity contribution is -0.144. The fourth-order valence-corrected chi connectivity index (χ4v) is 4.85. The molecule has 1 heterocycles. The Hall–Kier alpha value is -1.14. The molecule has 1 fully saturated rings. The minimum Gasteiger partial charge on any atom is -0.379 e. The number of carbonyl (C=O) groups excluding carboxylic acids is 2. The van der Waals surface area contributed by atoms with Gasteiger partial charge in [0, 0.05) is 34.2 Å². The summed E-state index contributed by atoms with van der Waals surface area (Å²) < 4.78 is 11.6. The second-order valence-corrected chi connectivity index (χ2v) is 9.70. The molecule has 2 amide bonds. The van der Waals surface area contributed by atoms with E-state index in [1.807, 2.05) is 16.8 Å². The molecule has 0 aromatic carbocycles. The summed E-state index contributed by atoms with van der Waals surface area (Å²) >= 11 is 0. The molecular weight excluding hydrogens is 380 g/mol. The Morgan fingerprint density at radius 1 is 1.07 bits per heavy atom. The van der Waals surface area contributed by atoms with Gasteiger partial charge in [0.1, 0.15) is 0 Å². The third-order valence-corrected chi connectivity index (χ3v) is 6.64. The van der Waals surface area contributed by atoms with Crippen molar-refractivity contribution in [2.45, 2.75) is 97.9 Å². The third kappa shape index (κ3) is 6.94. The molecule has 0 spiro atoms. The Bertz CT molecular complexity index is 537. The summed E-state index contributed by atoms with van der Waals surface area (Å²) in [7, 11) is 5.25. The smallest absolute Gasteiger partial charge is 0.225 e. The van der Waals surface area contributed by atoms with Crippen LogP contribution in [0.25, 0.3) is 0 Å². The van der Waals surface area contributed by atoms with Crippen LogP contribution >= 0.6 is 0 Å². The van der Waals surface area contributed by atoms with Crippen LogP contribution in [0.5, 0.6) is 0 Å². The van der Waals surface area contributed by atoms with E-state index in [4.69, 9.17) is 9.47 Å². The van der Waals surface area contributed by atoms with E-state index in [1.54, 1.807) is 14.2 Å². The molecule has 6 nitrogen and oxygen atoms in total. The van der Waals surface area contributed by atoms with E-state index >= 15 is 0 Å². The van der Waals surface area contributed by atoms with Crippen molar-refractivity contribution in [1.82, 2.24) is 9.80 Å². The molecule has 0 aromatic heterocycles. The Morgan fingerprint density at radius 2 is 1.70 bits per heavy atom. The molecule has 1 rings (SSSR count). The van der Waals surface area contributed by atoms with E-state index in [0.29, 0.717) is 18.3 Å². The zero-order valence-corrected chi connectivity index (χ0v) is 20.8. The highest BCUT2D eigenvalue weighted by molar-refractivity contribution is 5.78. The van der Waals surface area contributed by atoms with Gasteiger partial charge in [-0.1, -0.05) is 48.0 Å². The number of amides is 2. The van der Waals surface area contributed by atoms with Crippen LogP contribution in [-0.2, 0) is 19.1 Å². The van der Waals surface area contributed by atoms with Gasteiger partial charge in [0.25, 0.3) is 0 Å². The van der Waals surface area contributed by atoms with Gasteiger partial charge in [-0.15, -0.1) is 0 Å². The number of nitrogens with zero attached hydrogens (tertiary/aromatic N) is 2. The van der Waals surface area contributed by atoms with Crippen molar-refractivity contribution in [1.29, 1.82) is 0 Å². The molecule has 0 aliphatic carbocycles. The number of likely N-dealkylation sites (N-methyl/N-ethyl adjacent to an activating group) is 1. The molecule has 176 valence electrons. The molecule has 5 atom stereocenters. The van der Waals surface area contributed by atoms with Crippen molar-refractivity contribution in [2.24, 2.45) is 17.8 Å². The summed E-state index contributed by atoms with van der Waals surface area (Å²) in [5.74, 6) is 1.10. The topological polar surface area (TPSA) is 59.1 Å². The van der Waals surface area contributed by atoms with Crippen molar-refractivity contribution in [3.8, 4) is 0 Å². The van der Waals surface area contributed by atoms with E-state index in [-0.39, 0.29) is 48.4 Å². The molecule has 1 aliphatic heterocycles. The molecule has 5 unspecified atom stereocenters. The number of hydrogen-bond acceptors (Lipinski definition) is 4. The minimum atomic E-state index is -0.324. The van der Waals surface area contributed by atoms with Gasteiger partial charge in [-0.2, -0.15) is 0 Å². The number of ether oxygens (including phenoxy) is 2. The van der Waals surface area contributed by atoms with Gasteiger partial charge in [-0.25, -0.2) is 0 Å². The molecule has 1 saturated heterocycles. The number of carbonyl (C=O) groups is 2. The number of hydrogen-bond donors (Lipinski definition) is 0. The Labute approximate surface area is 184 Å². The molecule has 30 heavy (non-hydrogen) atoms. The average Bonchev–Trinajstić information content (AvgIpc) is 3.15. The lowest BCUT2D eigenvalue weighted by Crippen LogP contribution is -2.52. The minimum absolute atomic E-state index is 0.0399. The summed E-state index contributed by atoms with van der Waals surface area (Å²) in [5.41, 5.74) is 0. The maximum Gasteiger partial charge on any atom is 0.225 e. The fraction of sp³-hybridized carbons (Fsp3) is 0.917. The van der Waals surface area contributed by atoms with Gasteiger partial charge < -0.3 is 19.3 Å². The van der Waals surface area contributed by atoms with Crippen LogP contribution in [0.2, 0.25) is 0 Å². The molecule has 0 N–H and O–H groups in total. The largest absolute Gasteiger partial charge is 0.379 e. The molecule has 0 radical (unpaired) electrons. The number of rotatable bonds is 12. The first-order valence-corrected chi connectivity index (χ1v) is 11.7. The first-order chi connectivity index (χ1) is 14.1. The Kier molecular flexibility index (Phi) is 11.3. The monoisotopic (exact) mass is 426 g/mol. The normalized spacial score (nSPS) is 21.0. The second kappa shape index (κ2) is 12.7. The zero-order chi connectivity index (χ0) is 23.0. The molecule has 0 bridgehead atoms. The molecule has 0 saturated carbocycles. The van der Waals surface area contributed by atoms with Crippen LogP contribution in [-0.4, -0.2) is 73.7 Å². The van der Waals surface area contributed by atoms with Crippen LogP contribution in [0.3, 0.4) is 0 Å². The zero-order valence-electron chi connectivity index (χ0n) is 20.8. The highest BCUT2D eigenvalue weighted by atomic mass is 16.5. The quantitative estimate of drug-likeness (QED) is 0.474. The summed E-state index contributed by atoms with van der Waals surface area (Å²) in [4.78, 5) is 29.9. The van der Waals surface area contributed by atoms with Crippen LogP contribution < -0.4 is 0 Å². The van der Waals surface area contributed by atoms with E-state index in [1.165, 1.54) is 0 Å². The SMILES string of the molecule is CCC(C)C(C(CC(=O)N1CCCC1C(OC)C(C)C)OC)N(C)C(=O)CC(C)C. The van der Waals surface area contributed by atoms with Crippen LogP contribution in [0.15, 0.2) is 0 Å². The lowest BCUT2D eigenvalue weighted by atomic mass is 9.90. The summed E-state index contributed by atoms with van der Waals surface area (Å²) in [5, 5.41) is 0. The van der Waals surface area contributed by atoms with E-state index in [0.717, 1.165) is 25.8 Å². The van der Waals surface area contributed by atoms with E-state index in [2.05, 4.69) is 41.5 Å². The van der Waals surface area contributed by atoms with Crippen LogP contribution in [0, 0.1) is 17.8 Å². The Morgan fingerprint density at radius 3 is 2.17 bits per heavy atom. The average molecular weight is 427 g/mol. The summed E-state index contributed by atoms with van der Waals surface area (Å²) in [6.45, 7) is 13.4.